The molecule has 0 saturated heterocycles. The van der Waals surface area contributed by atoms with Crippen molar-refractivity contribution in [2.45, 2.75) is 25.2 Å². The summed E-state index contributed by atoms with van der Waals surface area (Å²) in [6, 6.07) is 27.8. The second-order valence-corrected chi connectivity index (χ2v) is 9.10. The predicted octanol–water partition coefficient (Wildman–Crippen LogP) is 6.88. The lowest BCUT2D eigenvalue weighted by Crippen LogP contribution is -2.26. The number of amides is 1. The maximum absolute atomic E-state index is 12.4. The van der Waals surface area contributed by atoms with E-state index in [2.05, 4.69) is 84.2 Å². The molecule has 0 aromatic heterocycles. The lowest BCUT2D eigenvalue weighted by Gasteiger charge is -2.14. The van der Waals surface area contributed by atoms with Gasteiger partial charge < -0.3 is 10.1 Å². The predicted molar refractivity (Wildman–Crippen MR) is 138 cm³/mol. The number of carbonyl (C=O) groups is 1. The van der Waals surface area contributed by atoms with E-state index in [1.165, 1.54) is 49.7 Å². The molecule has 0 radical (unpaired) electrons. The molecule has 2 aliphatic rings. The fourth-order valence-corrected chi connectivity index (χ4v) is 5.53. The van der Waals surface area contributed by atoms with E-state index in [0.717, 1.165) is 19.3 Å². The van der Waals surface area contributed by atoms with Crippen molar-refractivity contribution in [1.29, 1.82) is 0 Å². The number of ether oxygens (including phenoxy) is 1. The Labute approximate surface area is 200 Å². The van der Waals surface area contributed by atoms with Gasteiger partial charge >= 0.3 is 6.09 Å². The van der Waals surface area contributed by atoms with Gasteiger partial charge in [-0.1, -0.05) is 91.0 Å². The molecule has 0 saturated carbocycles. The second-order valence-electron chi connectivity index (χ2n) is 9.10. The minimum absolute atomic E-state index is 0.0850. The van der Waals surface area contributed by atoms with Crippen LogP contribution in [0, 0.1) is 0 Å². The van der Waals surface area contributed by atoms with E-state index < -0.39 is 0 Å². The maximum atomic E-state index is 12.4. The molecular formula is C31H27NO2. The fraction of sp³-hybridized carbons (Fsp3) is 0.194. The minimum atomic E-state index is -0.361. The van der Waals surface area contributed by atoms with E-state index >= 15 is 0 Å². The number of carbonyl (C=O) groups excluding carboxylic acids is 1. The zero-order valence-corrected chi connectivity index (χ0v) is 19.1. The number of benzene rings is 4. The first kappa shape index (κ1) is 20.7. The molecule has 3 heteroatoms. The summed E-state index contributed by atoms with van der Waals surface area (Å²) in [5.41, 5.74) is 9.08. The Morgan fingerprint density at radius 1 is 0.853 bits per heavy atom. The molecule has 0 heterocycles. The van der Waals surface area contributed by atoms with Crippen molar-refractivity contribution in [3.05, 3.63) is 113 Å². The van der Waals surface area contributed by atoms with Crippen LogP contribution in [-0.4, -0.2) is 19.2 Å². The molecular weight excluding hydrogens is 418 g/mol. The Bertz CT molecular complexity index is 1360. The number of fused-ring (bicyclic) bond motifs is 3. The number of aryl methyl sites for hydroxylation is 2. The third-order valence-corrected chi connectivity index (χ3v) is 7.13. The molecule has 0 fully saturated rings. The summed E-state index contributed by atoms with van der Waals surface area (Å²) in [6.07, 6.45) is 6.98. The van der Waals surface area contributed by atoms with Crippen LogP contribution in [0.4, 0.5) is 4.79 Å². The van der Waals surface area contributed by atoms with Crippen LogP contribution in [0.1, 0.15) is 40.2 Å². The van der Waals surface area contributed by atoms with Gasteiger partial charge in [0.15, 0.2) is 0 Å². The van der Waals surface area contributed by atoms with Crippen molar-refractivity contribution in [2.24, 2.45) is 0 Å². The maximum Gasteiger partial charge on any atom is 0.407 e. The highest BCUT2D eigenvalue weighted by molar-refractivity contribution is 5.96. The summed E-state index contributed by atoms with van der Waals surface area (Å²) in [5, 5.41) is 5.65. The molecule has 0 aliphatic heterocycles. The average Bonchev–Trinajstić information content (AvgIpc) is 3.44. The number of rotatable bonds is 6. The van der Waals surface area contributed by atoms with Crippen molar-refractivity contribution >= 4 is 22.9 Å². The first-order chi connectivity index (χ1) is 16.8. The molecule has 6 rings (SSSR count). The number of hydrogen-bond acceptors (Lipinski definition) is 2. The molecule has 0 spiro atoms. The average molecular weight is 446 g/mol. The summed E-state index contributed by atoms with van der Waals surface area (Å²) < 4.78 is 5.62. The Morgan fingerprint density at radius 2 is 1.56 bits per heavy atom. The topological polar surface area (TPSA) is 38.3 Å². The molecule has 4 aromatic rings. The van der Waals surface area contributed by atoms with Gasteiger partial charge in [-0.25, -0.2) is 4.79 Å². The number of alkyl carbamates (subject to hydrolysis) is 1. The first-order valence-electron chi connectivity index (χ1n) is 12.1. The standard InChI is InChI=1S/C31H27NO2/c33-31(34-20-29-27-12-3-1-10-25(27)26-11-2-4-13-28(26)29)32-19-6-5-8-21-15-16-23-18-17-22-9-7-14-24(21)30(22)23/h1-5,7-16,29H,6,17-20H2,(H,32,33). The molecule has 34 heavy (non-hydrogen) atoms. The zero-order chi connectivity index (χ0) is 22.9. The zero-order valence-electron chi connectivity index (χ0n) is 19.1. The summed E-state index contributed by atoms with van der Waals surface area (Å²) in [6.45, 7) is 0.894. The van der Waals surface area contributed by atoms with Crippen LogP contribution in [-0.2, 0) is 17.6 Å². The highest BCUT2D eigenvalue weighted by Crippen LogP contribution is 2.44. The molecule has 1 amide bonds. The summed E-state index contributed by atoms with van der Waals surface area (Å²) in [5.74, 6) is 0.0850. The van der Waals surface area contributed by atoms with Crippen LogP contribution in [0.25, 0.3) is 28.0 Å². The van der Waals surface area contributed by atoms with Gasteiger partial charge in [0.05, 0.1) is 0 Å². The highest BCUT2D eigenvalue weighted by Gasteiger charge is 2.28. The fourth-order valence-electron chi connectivity index (χ4n) is 5.53. The van der Waals surface area contributed by atoms with Crippen LogP contribution in [0.3, 0.4) is 0 Å². The lowest BCUT2D eigenvalue weighted by molar-refractivity contribution is 0.143. The van der Waals surface area contributed by atoms with E-state index in [0.29, 0.717) is 13.2 Å². The van der Waals surface area contributed by atoms with Crippen LogP contribution in [0.5, 0.6) is 0 Å². The largest absolute Gasteiger partial charge is 0.449 e. The minimum Gasteiger partial charge on any atom is -0.449 e. The highest BCUT2D eigenvalue weighted by atomic mass is 16.5. The van der Waals surface area contributed by atoms with Gasteiger partial charge in [-0.05, 0) is 69.0 Å². The molecule has 168 valence electrons. The van der Waals surface area contributed by atoms with Crippen molar-refractivity contribution < 1.29 is 9.53 Å². The number of nitrogens with one attached hydrogen (secondary N) is 1. The smallest absolute Gasteiger partial charge is 0.407 e. The SMILES string of the molecule is O=C(NCCC=Cc1ccc2c3c(cccc13)CC2)OCC1c2ccccc2-c2ccccc21. The molecule has 0 bridgehead atoms. The molecule has 3 nitrogen and oxygen atoms in total. The van der Waals surface area contributed by atoms with E-state index in [1.807, 2.05) is 12.1 Å². The van der Waals surface area contributed by atoms with Gasteiger partial charge in [0.2, 0.25) is 0 Å². The van der Waals surface area contributed by atoms with Gasteiger partial charge in [0, 0.05) is 12.5 Å². The van der Waals surface area contributed by atoms with Gasteiger partial charge in [0.25, 0.3) is 0 Å². The summed E-state index contributed by atoms with van der Waals surface area (Å²) in [4.78, 5) is 12.4. The molecule has 1 N–H and O–H groups in total. The summed E-state index contributed by atoms with van der Waals surface area (Å²) >= 11 is 0. The summed E-state index contributed by atoms with van der Waals surface area (Å²) in [7, 11) is 0. The third kappa shape index (κ3) is 3.67. The first-order valence-corrected chi connectivity index (χ1v) is 12.1. The Balaban J connectivity index is 1.04. The van der Waals surface area contributed by atoms with Crippen molar-refractivity contribution in [1.82, 2.24) is 5.32 Å². The van der Waals surface area contributed by atoms with Gasteiger partial charge in [-0.15, -0.1) is 0 Å². The van der Waals surface area contributed by atoms with E-state index in [9.17, 15) is 4.79 Å². The second kappa shape index (κ2) is 8.83. The van der Waals surface area contributed by atoms with E-state index in [-0.39, 0.29) is 12.0 Å². The quantitative estimate of drug-likeness (QED) is 0.329. The van der Waals surface area contributed by atoms with Crippen molar-refractivity contribution in [2.75, 3.05) is 13.2 Å². The molecule has 0 unspecified atom stereocenters. The Morgan fingerprint density at radius 3 is 2.32 bits per heavy atom. The van der Waals surface area contributed by atoms with E-state index in [1.54, 1.807) is 0 Å². The number of hydrogen-bond donors (Lipinski definition) is 1. The normalized spacial score (nSPS) is 13.9. The van der Waals surface area contributed by atoms with Crippen molar-refractivity contribution in [3.63, 3.8) is 0 Å². The molecule has 2 aliphatic carbocycles. The molecule has 0 atom stereocenters. The lowest BCUT2D eigenvalue weighted by atomic mass is 9.98. The van der Waals surface area contributed by atoms with Crippen LogP contribution < -0.4 is 5.32 Å². The monoisotopic (exact) mass is 445 g/mol. The molecule has 4 aromatic carbocycles. The van der Waals surface area contributed by atoms with Crippen LogP contribution in [0.2, 0.25) is 0 Å². The third-order valence-electron chi connectivity index (χ3n) is 7.13. The Hall–Kier alpha value is -3.85. The van der Waals surface area contributed by atoms with Crippen LogP contribution in [0.15, 0.2) is 84.9 Å². The van der Waals surface area contributed by atoms with Gasteiger partial charge in [-0.2, -0.15) is 0 Å². The Kier molecular flexibility index (Phi) is 5.38. The van der Waals surface area contributed by atoms with Gasteiger partial charge in [0.1, 0.15) is 6.61 Å². The van der Waals surface area contributed by atoms with Crippen LogP contribution >= 0.6 is 0 Å². The van der Waals surface area contributed by atoms with Crippen molar-refractivity contribution in [3.8, 4) is 11.1 Å². The van der Waals surface area contributed by atoms with Gasteiger partial charge in [-0.3, -0.25) is 0 Å². The van der Waals surface area contributed by atoms with E-state index in [4.69, 9.17) is 4.74 Å².